The van der Waals surface area contributed by atoms with Crippen LogP contribution in [0, 0.1) is 71.8 Å². The van der Waals surface area contributed by atoms with Crippen molar-refractivity contribution in [1.29, 1.82) is 0 Å². The molecule has 0 unspecified atom stereocenters. The maximum Gasteiger partial charge on any atom is 0.384 e. The van der Waals surface area contributed by atoms with Crippen molar-refractivity contribution in [2.45, 2.75) is 0 Å². The molecule has 0 bridgehead atoms. The zero-order valence-electron chi connectivity index (χ0n) is 7.11. The van der Waals surface area contributed by atoms with Gasteiger partial charge in [-0.3, -0.25) is 0 Å². The number of hydrogen-bond donors (Lipinski definition) is 0. The van der Waals surface area contributed by atoms with E-state index in [1.54, 1.807) is 0 Å². The molecule has 0 fully saturated rings. The molecule has 0 saturated heterocycles. The lowest BCUT2D eigenvalue weighted by Crippen LogP contribution is -1.93. The second-order valence-electron chi connectivity index (χ2n) is 1.69. The minimum Gasteiger partial charge on any atom is -0.112 e. The van der Waals surface area contributed by atoms with Gasteiger partial charge < -0.3 is 0 Å². The van der Waals surface area contributed by atoms with Gasteiger partial charge in [0.05, 0.1) is 0 Å². The molecule has 0 amide bonds. The summed E-state index contributed by atoms with van der Waals surface area (Å²) in [5.74, 6) is 24.7. The van der Waals surface area contributed by atoms with Gasteiger partial charge in [0.25, 0.3) is 0 Å². The van der Waals surface area contributed by atoms with Crippen LogP contribution in [-0.4, -0.2) is 4.57 Å². The fraction of sp³-hybridized carbons (Fsp3) is 0. The van der Waals surface area contributed by atoms with Gasteiger partial charge in [-0.05, 0) is 47.4 Å². The van der Waals surface area contributed by atoms with E-state index in [2.05, 4.69) is 81.4 Å². The first-order valence-electron chi connectivity index (χ1n) is 3.37. The predicted molar refractivity (Wildman–Crippen MR) is 68.5 cm³/mol. The molecule has 14 heavy (non-hydrogen) atoms. The third kappa shape index (κ3) is 8.25. The van der Waals surface area contributed by atoms with Gasteiger partial charge in [-0.15, -0.1) is 46.9 Å². The Labute approximate surface area is 98.6 Å². The Morgan fingerprint density at radius 2 is 1.14 bits per heavy atom. The molecule has 0 nitrogen and oxygen atoms in total. The lowest BCUT2D eigenvalue weighted by molar-refractivity contribution is 2.43. The van der Waals surface area contributed by atoms with Crippen molar-refractivity contribution < 1.29 is 0 Å². The Morgan fingerprint density at radius 3 is 1.50 bits per heavy atom. The molecular weight excluding hydrogens is 282 g/mol. The number of rotatable bonds is 0. The molecule has 0 atom stereocenters. The Hall–Kier alpha value is -1.85. The summed E-state index contributed by atoms with van der Waals surface area (Å²) < 4.78 is -0.119. The summed E-state index contributed by atoms with van der Waals surface area (Å²) >= 11 is 2.06. The molecule has 0 aliphatic rings. The number of terminal acetylenes is 2. The third-order valence-electron chi connectivity index (χ3n) is 0.792. The van der Waals surface area contributed by atoms with E-state index in [4.69, 9.17) is 12.8 Å². The average molecular weight is 284 g/mol. The molecule has 2 heteroatoms. The van der Waals surface area contributed by atoms with Crippen molar-refractivity contribution in [2.24, 2.45) is 0 Å². The number of hydrogen-bond acceptors (Lipinski definition) is 0. The molecular formula is C12H2BI. The fourth-order valence-electron chi connectivity index (χ4n) is 0.370. The molecule has 0 aliphatic carbocycles. The second-order valence-corrected chi connectivity index (χ2v) is 2.94. The molecule has 60 valence electrons. The van der Waals surface area contributed by atoms with Crippen LogP contribution in [0.5, 0.6) is 0 Å². The lowest BCUT2D eigenvalue weighted by Gasteiger charge is -1.75. The van der Waals surface area contributed by atoms with E-state index >= 15 is 0 Å². The van der Waals surface area contributed by atoms with Gasteiger partial charge in [0, 0.05) is 0 Å². The fourth-order valence-corrected chi connectivity index (χ4v) is 0.681. The Morgan fingerprint density at radius 1 is 0.714 bits per heavy atom. The van der Waals surface area contributed by atoms with E-state index in [9.17, 15) is 0 Å². The summed E-state index contributed by atoms with van der Waals surface area (Å²) in [6, 6.07) is 0. The standard InChI is InChI=1S/C12H2BI/c1-3-5-7-9-11-13(14)12-10-8-6-4-2/h1-2H. The van der Waals surface area contributed by atoms with Gasteiger partial charge in [0.15, 0.2) is 0 Å². The highest BCUT2D eigenvalue weighted by Gasteiger charge is 1.96. The summed E-state index contributed by atoms with van der Waals surface area (Å²) in [6.45, 7) is 0. The highest BCUT2D eigenvalue weighted by Crippen LogP contribution is 1.88. The van der Waals surface area contributed by atoms with Gasteiger partial charge in [0.2, 0.25) is 0 Å². The van der Waals surface area contributed by atoms with Crippen LogP contribution in [0.25, 0.3) is 0 Å². The van der Waals surface area contributed by atoms with Crippen molar-refractivity contribution in [3.8, 4) is 71.8 Å². The molecule has 0 heterocycles. The summed E-state index contributed by atoms with van der Waals surface area (Å²) in [5.41, 5.74) is 0. The number of halogens is 1. The molecule has 0 aromatic rings. The van der Waals surface area contributed by atoms with E-state index in [0.29, 0.717) is 0 Å². The molecule has 0 aliphatic heterocycles. The predicted octanol–water partition coefficient (Wildman–Crippen LogP) is 0.771. The molecule has 0 rings (SSSR count). The van der Waals surface area contributed by atoms with Crippen molar-refractivity contribution in [3.63, 3.8) is 0 Å². The van der Waals surface area contributed by atoms with Crippen molar-refractivity contribution in [3.05, 3.63) is 0 Å². The molecule has 0 radical (unpaired) electrons. The minimum absolute atomic E-state index is 0.119. The van der Waals surface area contributed by atoms with E-state index < -0.39 is 0 Å². The monoisotopic (exact) mass is 284 g/mol. The maximum absolute atomic E-state index is 4.90. The van der Waals surface area contributed by atoms with Crippen LogP contribution in [0.1, 0.15) is 0 Å². The zero-order valence-corrected chi connectivity index (χ0v) is 9.27. The van der Waals surface area contributed by atoms with Gasteiger partial charge >= 0.3 is 4.57 Å². The summed E-state index contributed by atoms with van der Waals surface area (Å²) in [6.07, 6.45) is 9.80. The Bertz CT molecular complexity index is 463. The second kappa shape index (κ2) is 9.24. The van der Waals surface area contributed by atoms with E-state index in [-0.39, 0.29) is 4.57 Å². The van der Waals surface area contributed by atoms with Crippen molar-refractivity contribution in [2.75, 3.05) is 0 Å². The Kier molecular flexibility index (Phi) is 8.03. The first-order valence-corrected chi connectivity index (χ1v) is 4.62. The highest BCUT2D eigenvalue weighted by atomic mass is 127. The summed E-state index contributed by atoms with van der Waals surface area (Å²) in [4.78, 5) is 0. The smallest absolute Gasteiger partial charge is 0.112 e. The summed E-state index contributed by atoms with van der Waals surface area (Å²) in [7, 11) is 0. The first kappa shape index (κ1) is 12.2. The zero-order chi connectivity index (χ0) is 10.6. The maximum atomic E-state index is 4.90. The van der Waals surface area contributed by atoms with E-state index in [0.717, 1.165) is 0 Å². The first-order chi connectivity index (χ1) is 6.81. The van der Waals surface area contributed by atoms with Crippen LogP contribution in [0.4, 0.5) is 0 Å². The van der Waals surface area contributed by atoms with Crippen molar-refractivity contribution >= 4 is 26.9 Å². The van der Waals surface area contributed by atoms with E-state index in [1.165, 1.54) is 0 Å². The Balaban J connectivity index is 4.28. The highest BCUT2D eigenvalue weighted by molar-refractivity contribution is 14.1. The van der Waals surface area contributed by atoms with Gasteiger partial charge in [-0.1, -0.05) is 0 Å². The van der Waals surface area contributed by atoms with Crippen LogP contribution in [0.3, 0.4) is 0 Å². The molecule has 0 saturated carbocycles. The van der Waals surface area contributed by atoms with E-state index in [1.807, 2.05) is 0 Å². The van der Waals surface area contributed by atoms with Crippen LogP contribution in [-0.2, 0) is 0 Å². The minimum atomic E-state index is -0.119. The quantitative estimate of drug-likeness (QED) is 0.350. The van der Waals surface area contributed by atoms with Crippen LogP contribution in [0.2, 0.25) is 0 Å². The third-order valence-corrected chi connectivity index (χ3v) is 1.41. The average Bonchev–Trinajstić information content (AvgIpc) is 2.19. The molecule has 0 spiro atoms. The van der Waals surface area contributed by atoms with Crippen molar-refractivity contribution in [1.82, 2.24) is 0 Å². The van der Waals surface area contributed by atoms with Crippen LogP contribution < -0.4 is 0 Å². The lowest BCUT2D eigenvalue weighted by atomic mass is 9.81. The van der Waals surface area contributed by atoms with Crippen LogP contribution >= 0.6 is 22.4 Å². The normalized spacial score (nSPS) is 4.50. The van der Waals surface area contributed by atoms with Gasteiger partial charge in [-0.25, -0.2) is 0 Å². The molecule has 0 aromatic heterocycles. The SMILES string of the molecule is C#CC#CC#CB(I)C#CC#CC#C. The summed E-state index contributed by atoms with van der Waals surface area (Å²) in [5, 5.41) is 0. The van der Waals surface area contributed by atoms with Gasteiger partial charge in [0.1, 0.15) is 0 Å². The van der Waals surface area contributed by atoms with Gasteiger partial charge in [-0.2, -0.15) is 0 Å². The largest absolute Gasteiger partial charge is 0.384 e. The van der Waals surface area contributed by atoms with Crippen LogP contribution in [0.15, 0.2) is 0 Å². The molecule has 0 N–H and O–H groups in total. The topological polar surface area (TPSA) is 0 Å². The molecule has 0 aromatic carbocycles.